The number of aromatic nitrogens is 2. The largest absolute Gasteiger partial charge is 0.514 e. The van der Waals surface area contributed by atoms with Gasteiger partial charge in [0.1, 0.15) is 16.7 Å². The van der Waals surface area contributed by atoms with Gasteiger partial charge in [0.05, 0.1) is 10.5 Å². The zero-order valence-electron chi connectivity index (χ0n) is 18.5. The molecule has 2 aromatic carbocycles. The number of anilines is 2. The fourth-order valence-corrected chi connectivity index (χ4v) is 5.38. The van der Waals surface area contributed by atoms with E-state index >= 15 is 0 Å². The highest BCUT2D eigenvalue weighted by atomic mass is 32.2. The number of ether oxygens (including phenoxy) is 2. The van der Waals surface area contributed by atoms with Gasteiger partial charge < -0.3 is 14.8 Å². The van der Waals surface area contributed by atoms with E-state index in [1.165, 1.54) is 36.4 Å². The molecule has 0 unspecified atom stereocenters. The van der Waals surface area contributed by atoms with Crippen molar-refractivity contribution in [2.24, 2.45) is 0 Å². The maximum atomic E-state index is 12.1. The molecule has 1 fully saturated rings. The van der Waals surface area contributed by atoms with Crippen LogP contribution < -0.4 is 14.8 Å². The summed E-state index contributed by atoms with van der Waals surface area (Å²) in [5.74, 6) is 0.000799. The van der Waals surface area contributed by atoms with Gasteiger partial charge >= 0.3 is 6.16 Å². The van der Waals surface area contributed by atoms with E-state index in [-0.39, 0.29) is 33.9 Å². The molecule has 1 aliphatic carbocycles. The number of carbonyl (C=O) groups excluding carboxylic acids is 2. The second kappa shape index (κ2) is 8.96. The summed E-state index contributed by atoms with van der Waals surface area (Å²) >= 11 is 0. The summed E-state index contributed by atoms with van der Waals surface area (Å²) in [6.45, 7) is 0. The average molecular weight is 513 g/mol. The molecule has 1 aromatic heterocycles. The van der Waals surface area contributed by atoms with Crippen molar-refractivity contribution in [3.63, 3.8) is 0 Å². The normalized spacial score (nSPS) is 19.8. The SMILES string of the molecule is O=C(Oc1ccc([N+](=O)[O-])cc1)O[C@@H]1CC[C@H](c2cc(Nc3ccc4c(c3)C(=O)NS4(=O)=O)n[nH]2)C1. The Morgan fingerprint density at radius 3 is 2.67 bits per heavy atom. The van der Waals surface area contributed by atoms with Crippen LogP contribution in [-0.4, -0.2) is 41.7 Å². The Labute approximate surface area is 204 Å². The van der Waals surface area contributed by atoms with Crippen LogP contribution in [0.25, 0.3) is 0 Å². The first-order valence-corrected chi connectivity index (χ1v) is 12.3. The van der Waals surface area contributed by atoms with Crippen LogP contribution in [0.1, 0.15) is 41.2 Å². The molecule has 13 nitrogen and oxygen atoms in total. The van der Waals surface area contributed by atoms with Gasteiger partial charge in [-0.15, -0.1) is 0 Å². The Kier molecular flexibility index (Phi) is 5.80. The lowest BCUT2D eigenvalue weighted by atomic mass is 10.0. The van der Waals surface area contributed by atoms with Crippen LogP contribution in [0.3, 0.4) is 0 Å². The van der Waals surface area contributed by atoms with Crippen molar-refractivity contribution in [2.75, 3.05) is 5.32 Å². The van der Waals surface area contributed by atoms with E-state index in [9.17, 15) is 28.1 Å². The van der Waals surface area contributed by atoms with Crippen molar-refractivity contribution < 1.29 is 32.4 Å². The number of nitro groups is 1. The quantitative estimate of drug-likeness (QED) is 0.191. The van der Waals surface area contributed by atoms with E-state index in [0.29, 0.717) is 24.3 Å². The smallest absolute Gasteiger partial charge is 0.431 e. The molecular weight excluding hydrogens is 494 g/mol. The molecule has 1 amide bonds. The van der Waals surface area contributed by atoms with Gasteiger partial charge in [0.25, 0.3) is 21.6 Å². The number of hydrogen-bond donors (Lipinski definition) is 3. The van der Waals surface area contributed by atoms with Gasteiger partial charge in [0.2, 0.25) is 0 Å². The van der Waals surface area contributed by atoms with Crippen LogP contribution in [0, 0.1) is 10.1 Å². The van der Waals surface area contributed by atoms with E-state index in [1.54, 1.807) is 12.1 Å². The molecule has 2 atom stereocenters. The van der Waals surface area contributed by atoms with Crippen molar-refractivity contribution in [1.82, 2.24) is 14.9 Å². The predicted molar refractivity (Wildman–Crippen MR) is 124 cm³/mol. The van der Waals surface area contributed by atoms with Crippen molar-refractivity contribution >= 4 is 39.3 Å². The number of nitrogens with zero attached hydrogens (tertiary/aromatic N) is 2. The molecule has 3 N–H and O–H groups in total. The number of fused-ring (bicyclic) bond motifs is 1. The zero-order chi connectivity index (χ0) is 25.4. The third-order valence-corrected chi connectivity index (χ3v) is 7.34. The fraction of sp³-hybridized carbons (Fsp3) is 0.227. The lowest BCUT2D eigenvalue weighted by Crippen LogP contribution is -2.20. The lowest BCUT2D eigenvalue weighted by molar-refractivity contribution is -0.384. The van der Waals surface area contributed by atoms with Gasteiger partial charge in [-0.2, -0.15) is 5.10 Å². The highest BCUT2D eigenvalue weighted by molar-refractivity contribution is 7.90. The number of sulfonamides is 1. The van der Waals surface area contributed by atoms with Crippen LogP contribution in [0.15, 0.2) is 53.4 Å². The maximum Gasteiger partial charge on any atom is 0.514 e. The first kappa shape index (κ1) is 23.3. The van der Waals surface area contributed by atoms with E-state index in [2.05, 4.69) is 15.5 Å². The van der Waals surface area contributed by atoms with E-state index < -0.39 is 27.0 Å². The summed E-state index contributed by atoms with van der Waals surface area (Å²) in [6.07, 6.45) is 0.666. The number of H-pyrrole nitrogens is 1. The minimum Gasteiger partial charge on any atom is -0.431 e. The first-order valence-electron chi connectivity index (χ1n) is 10.8. The predicted octanol–water partition coefficient (Wildman–Crippen LogP) is 3.35. The third-order valence-electron chi connectivity index (χ3n) is 5.95. The summed E-state index contributed by atoms with van der Waals surface area (Å²) < 4.78 is 36.2. The molecule has 2 heterocycles. The molecule has 0 radical (unpaired) electrons. The van der Waals surface area contributed by atoms with Crippen LogP contribution in [0.5, 0.6) is 5.75 Å². The monoisotopic (exact) mass is 513 g/mol. The number of benzene rings is 2. The Bertz CT molecular complexity index is 1470. The molecule has 5 rings (SSSR count). The van der Waals surface area contributed by atoms with E-state index in [0.717, 1.165) is 12.1 Å². The number of hydrogen-bond acceptors (Lipinski definition) is 10. The van der Waals surface area contributed by atoms with Gasteiger partial charge in [-0.25, -0.2) is 17.9 Å². The summed E-state index contributed by atoms with van der Waals surface area (Å²) in [4.78, 5) is 34.1. The molecule has 3 aromatic rings. The minimum absolute atomic E-state index is 0.0566. The van der Waals surface area contributed by atoms with Gasteiger partial charge in [0, 0.05) is 35.5 Å². The summed E-state index contributed by atoms with van der Waals surface area (Å²) in [5.41, 5.74) is 1.28. The van der Waals surface area contributed by atoms with Crippen molar-refractivity contribution in [2.45, 2.75) is 36.2 Å². The molecule has 36 heavy (non-hydrogen) atoms. The van der Waals surface area contributed by atoms with Crippen LogP contribution in [-0.2, 0) is 14.8 Å². The number of nitrogens with one attached hydrogen (secondary N) is 3. The Balaban J connectivity index is 1.16. The van der Waals surface area contributed by atoms with Crippen molar-refractivity contribution in [1.29, 1.82) is 0 Å². The number of nitro benzene ring substituents is 1. The Morgan fingerprint density at radius 2 is 1.92 bits per heavy atom. The molecule has 14 heteroatoms. The highest BCUT2D eigenvalue weighted by Gasteiger charge is 2.33. The molecule has 1 aliphatic heterocycles. The minimum atomic E-state index is -3.81. The van der Waals surface area contributed by atoms with Gasteiger partial charge in [-0.3, -0.25) is 20.0 Å². The number of non-ortho nitro benzene ring substituents is 1. The second-order valence-electron chi connectivity index (χ2n) is 8.33. The van der Waals surface area contributed by atoms with Gasteiger partial charge in [-0.05, 0) is 49.6 Å². The standard InChI is InChI=1S/C22H19N5O8S/c28-21-17-10-13(2-8-19(17)36(32,33)26-21)23-20-11-18(24-25-20)12-1-5-16(9-12)35-22(29)34-15-6-3-14(4-7-15)27(30)31/h2-4,6-8,10-12,16H,1,5,9H2,(H,26,28)(H2,23,24,25)/t12-,16+/m0/s1. The second-order valence-corrected chi connectivity index (χ2v) is 9.98. The van der Waals surface area contributed by atoms with Crippen LogP contribution >= 0.6 is 0 Å². The number of carbonyl (C=O) groups is 2. The van der Waals surface area contributed by atoms with Crippen LogP contribution in [0.4, 0.5) is 22.0 Å². The number of rotatable bonds is 6. The Hall–Kier alpha value is -4.46. The van der Waals surface area contributed by atoms with Gasteiger partial charge in [-0.1, -0.05) is 0 Å². The Morgan fingerprint density at radius 1 is 1.14 bits per heavy atom. The number of amides is 1. The molecular formula is C22H19N5O8S. The van der Waals surface area contributed by atoms with Crippen molar-refractivity contribution in [3.05, 3.63) is 69.9 Å². The third kappa shape index (κ3) is 4.70. The fourth-order valence-electron chi connectivity index (χ4n) is 4.23. The maximum absolute atomic E-state index is 12.1. The van der Waals surface area contributed by atoms with E-state index in [1.807, 2.05) is 4.72 Å². The summed E-state index contributed by atoms with van der Waals surface area (Å²) in [7, 11) is -3.81. The zero-order valence-corrected chi connectivity index (χ0v) is 19.3. The summed E-state index contributed by atoms with van der Waals surface area (Å²) in [5, 5.41) is 20.9. The van der Waals surface area contributed by atoms with E-state index in [4.69, 9.17) is 9.47 Å². The average Bonchev–Trinajstić information content (AvgIpc) is 3.53. The molecule has 1 saturated carbocycles. The van der Waals surface area contributed by atoms with Crippen molar-refractivity contribution in [3.8, 4) is 5.75 Å². The molecule has 186 valence electrons. The number of aromatic amines is 1. The highest BCUT2D eigenvalue weighted by Crippen LogP contribution is 2.36. The molecule has 0 saturated heterocycles. The summed E-state index contributed by atoms with van der Waals surface area (Å²) in [6, 6.07) is 11.2. The topological polar surface area (TPSA) is 183 Å². The molecule has 0 bridgehead atoms. The lowest BCUT2D eigenvalue weighted by Gasteiger charge is -2.12. The van der Waals surface area contributed by atoms with Gasteiger partial charge in [0.15, 0.2) is 5.82 Å². The molecule has 0 spiro atoms. The molecule has 2 aliphatic rings. The van der Waals surface area contributed by atoms with Crippen LogP contribution in [0.2, 0.25) is 0 Å². The first-order chi connectivity index (χ1) is 17.2.